The second-order valence-electron chi connectivity index (χ2n) is 6.52. The van der Waals surface area contributed by atoms with Gasteiger partial charge in [-0.15, -0.1) is 0 Å². The van der Waals surface area contributed by atoms with E-state index in [-0.39, 0.29) is 29.4 Å². The number of aryl methyl sites for hydroxylation is 2. The number of anilines is 1. The SMILES string of the molecule is COc1ccc(S(=O)(=O)CCCC(=O)Nc2nc3c(C)c(C)ccc3s2)cc1. The average Bonchev–Trinajstić information content (AvgIpc) is 3.08. The third kappa shape index (κ3) is 4.51. The summed E-state index contributed by atoms with van der Waals surface area (Å²) in [5, 5.41) is 3.31. The molecule has 0 aliphatic carbocycles. The quantitative estimate of drug-likeness (QED) is 0.624. The molecule has 1 N–H and O–H groups in total. The Labute approximate surface area is 168 Å². The van der Waals surface area contributed by atoms with E-state index in [1.54, 1.807) is 12.1 Å². The number of amides is 1. The summed E-state index contributed by atoms with van der Waals surface area (Å²) >= 11 is 1.41. The predicted octanol–water partition coefficient (Wildman–Crippen LogP) is 4.11. The lowest BCUT2D eigenvalue weighted by Crippen LogP contribution is -2.14. The molecule has 0 radical (unpaired) electrons. The Balaban J connectivity index is 1.57. The molecule has 0 saturated heterocycles. The molecule has 8 heteroatoms. The summed E-state index contributed by atoms with van der Waals surface area (Å²) < 4.78 is 30.8. The number of carbonyl (C=O) groups is 1. The van der Waals surface area contributed by atoms with Crippen LogP contribution in [0.5, 0.6) is 5.75 Å². The molecular formula is C20H22N2O4S2. The van der Waals surface area contributed by atoms with Crippen LogP contribution in [0.4, 0.5) is 5.13 Å². The smallest absolute Gasteiger partial charge is 0.226 e. The normalized spacial score (nSPS) is 11.5. The highest BCUT2D eigenvalue weighted by atomic mass is 32.2. The van der Waals surface area contributed by atoms with Gasteiger partial charge in [0.15, 0.2) is 15.0 Å². The number of sulfone groups is 1. The largest absolute Gasteiger partial charge is 0.497 e. The van der Waals surface area contributed by atoms with Gasteiger partial charge in [-0.1, -0.05) is 17.4 Å². The van der Waals surface area contributed by atoms with Crippen LogP contribution in [0.3, 0.4) is 0 Å². The minimum atomic E-state index is -3.43. The summed E-state index contributed by atoms with van der Waals surface area (Å²) in [6.07, 6.45) is 0.354. The summed E-state index contributed by atoms with van der Waals surface area (Å²) in [5.41, 5.74) is 3.14. The number of hydrogen-bond acceptors (Lipinski definition) is 6. The molecule has 1 amide bonds. The Hall–Kier alpha value is -2.45. The number of carbonyl (C=O) groups excluding carboxylic acids is 1. The third-order valence-corrected chi connectivity index (χ3v) is 7.32. The Morgan fingerprint density at radius 2 is 1.86 bits per heavy atom. The lowest BCUT2D eigenvalue weighted by molar-refractivity contribution is -0.116. The van der Waals surface area contributed by atoms with Crippen LogP contribution < -0.4 is 10.1 Å². The van der Waals surface area contributed by atoms with Crippen molar-refractivity contribution in [2.75, 3.05) is 18.2 Å². The summed E-state index contributed by atoms with van der Waals surface area (Å²) in [7, 11) is -1.91. The molecule has 0 unspecified atom stereocenters. The Morgan fingerprint density at radius 3 is 2.54 bits per heavy atom. The highest BCUT2D eigenvalue weighted by Crippen LogP contribution is 2.29. The van der Waals surface area contributed by atoms with E-state index < -0.39 is 9.84 Å². The van der Waals surface area contributed by atoms with E-state index in [9.17, 15) is 13.2 Å². The van der Waals surface area contributed by atoms with Crippen molar-refractivity contribution in [1.29, 1.82) is 0 Å². The second kappa shape index (κ2) is 8.28. The van der Waals surface area contributed by atoms with Crippen molar-refractivity contribution in [2.24, 2.45) is 0 Å². The van der Waals surface area contributed by atoms with E-state index in [4.69, 9.17) is 4.74 Å². The van der Waals surface area contributed by atoms with E-state index in [0.717, 1.165) is 21.3 Å². The molecule has 3 rings (SSSR count). The second-order valence-corrected chi connectivity index (χ2v) is 9.66. The van der Waals surface area contributed by atoms with E-state index in [1.165, 1.54) is 30.6 Å². The minimum Gasteiger partial charge on any atom is -0.497 e. The number of thiazole rings is 1. The van der Waals surface area contributed by atoms with Crippen molar-refractivity contribution >= 4 is 42.4 Å². The number of aromatic nitrogens is 1. The number of hydrogen-bond donors (Lipinski definition) is 1. The highest BCUT2D eigenvalue weighted by Gasteiger charge is 2.16. The number of nitrogens with one attached hydrogen (secondary N) is 1. The summed E-state index contributed by atoms with van der Waals surface area (Å²) in [6.45, 7) is 4.03. The molecular weight excluding hydrogens is 396 g/mol. The molecule has 2 aromatic carbocycles. The van der Waals surface area contributed by atoms with E-state index in [0.29, 0.717) is 10.9 Å². The lowest BCUT2D eigenvalue weighted by Gasteiger charge is -2.06. The van der Waals surface area contributed by atoms with Gasteiger partial charge in [0, 0.05) is 6.42 Å². The van der Waals surface area contributed by atoms with Gasteiger partial charge in [-0.05, 0) is 61.7 Å². The van der Waals surface area contributed by atoms with Crippen molar-refractivity contribution in [1.82, 2.24) is 4.98 Å². The van der Waals surface area contributed by atoms with Crippen molar-refractivity contribution in [3.63, 3.8) is 0 Å². The van der Waals surface area contributed by atoms with Crippen LogP contribution in [0.15, 0.2) is 41.3 Å². The fourth-order valence-electron chi connectivity index (χ4n) is 2.78. The van der Waals surface area contributed by atoms with Crippen LogP contribution in [0, 0.1) is 13.8 Å². The maximum absolute atomic E-state index is 12.4. The monoisotopic (exact) mass is 418 g/mol. The first-order valence-corrected chi connectivity index (χ1v) is 11.3. The van der Waals surface area contributed by atoms with Crippen molar-refractivity contribution in [3.8, 4) is 5.75 Å². The van der Waals surface area contributed by atoms with Gasteiger partial charge >= 0.3 is 0 Å². The number of fused-ring (bicyclic) bond motifs is 1. The van der Waals surface area contributed by atoms with Crippen LogP contribution >= 0.6 is 11.3 Å². The summed E-state index contributed by atoms with van der Waals surface area (Å²) in [4.78, 5) is 16.9. The summed E-state index contributed by atoms with van der Waals surface area (Å²) in [6, 6.07) is 10.3. The predicted molar refractivity (Wildman–Crippen MR) is 112 cm³/mol. The number of nitrogens with zero attached hydrogens (tertiary/aromatic N) is 1. The first-order valence-electron chi connectivity index (χ1n) is 8.83. The van der Waals surface area contributed by atoms with Crippen molar-refractivity contribution < 1.29 is 17.9 Å². The molecule has 0 aliphatic rings. The number of methoxy groups -OCH3 is 1. The molecule has 3 aromatic rings. The minimum absolute atomic E-state index is 0.0924. The van der Waals surface area contributed by atoms with Gasteiger partial charge in [-0.25, -0.2) is 13.4 Å². The molecule has 0 atom stereocenters. The van der Waals surface area contributed by atoms with Crippen LogP contribution in [-0.2, 0) is 14.6 Å². The van der Waals surface area contributed by atoms with Crippen LogP contribution in [0.2, 0.25) is 0 Å². The zero-order chi connectivity index (χ0) is 20.3. The fourth-order valence-corrected chi connectivity index (χ4v) is 5.04. The number of benzene rings is 2. The zero-order valence-corrected chi connectivity index (χ0v) is 17.6. The fraction of sp³-hybridized carbons (Fsp3) is 0.300. The van der Waals surface area contributed by atoms with Gasteiger partial charge in [-0.2, -0.15) is 0 Å². The molecule has 0 fully saturated rings. The van der Waals surface area contributed by atoms with Gasteiger partial charge in [0.05, 0.1) is 28.0 Å². The van der Waals surface area contributed by atoms with Gasteiger partial charge < -0.3 is 10.1 Å². The van der Waals surface area contributed by atoms with E-state index in [2.05, 4.69) is 10.3 Å². The molecule has 0 saturated carbocycles. The lowest BCUT2D eigenvalue weighted by atomic mass is 10.1. The van der Waals surface area contributed by atoms with Gasteiger partial charge in [0.2, 0.25) is 5.91 Å². The topological polar surface area (TPSA) is 85.4 Å². The molecule has 0 aliphatic heterocycles. The molecule has 0 bridgehead atoms. The Kier molecular flexibility index (Phi) is 6.00. The van der Waals surface area contributed by atoms with E-state index in [1.807, 2.05) is 26.0 Å². The van der Waals surface area contributed by atoms with Crippen molar-refractivity contribution in [2.45, 2.75) is 31.6 Å². The standard InChI is InChI=1S/C20H22N2O4S2/c1-13-6-11-17-19(14(13)2)22-20(27-17)21-18(23)5-4-12-28(24,25)16-9-7-15(26-3)8-10-16/h6-11H,4-5,12H2,1-3H3,(H,21,22,23). The molecule has 0 spiro atoms. The molecule has 148 valence electrons. The van der Waals surface area contributed by atoms with Crippen LogP contribution in [-0.4, -0.2) is 32.2 Å². The van der Waals surface area contributed by atoms with Crippen LogP contribution in [0.25, 0.3) is 10.2 Å². The number of rotatable bonds is 7. The first-order chi connectivity index (χ1) is 13.3. The first kappa shape index (κ1) is 20.3. The van der Waals surface area contributed by atoms with Crippen LogP contribution in [0.1, 0.15) is 24.0 Å². The molecule has 1 heterocycles. The Bertz CT molecular complexity index is 1100. The zero-order valence-electron chi connectivity index (χ0n) is 16.0. The molecule has 1 aromatic heterocycles. The number of ether oxygens (including phenoxy) is 1. The highest BCUT2D eigenvalue weighted by molar-refractivity contribution is 7.91. The van der Waals surface area contributed by atoms with Crippen molar-refractivity contribution in [3.05, 3.63) is 47.5 Å². The van der Waals surface area contributed by atoms with Gasteiger partial charge in [0.1, 0.15) is 5.75 Å². The molecule has 6 nitrogen and oxygen atoms in total. The van der Waals surface area contributed by atoms with E-state index >= 15 is 0 Å². The maximum atomic E-state index is 12.4. The van der Waals surface area contributed by atoms with Gasteiger partial charge in [0.25, 0.3) is 0 Å². The third-order valence-electron chi connectivity index (χ3n) is 4.57. The average molecular weight is 419 g/mol. The summed E-state index contributed by atoms with van der Waals surface area (Å²) in [5.74, 6) is 0.267. The Morgan fingerprint density at radius 1 is 1.14 bits per heavy atom. The molecule has 28 heavy (non-hydrogen) atoms. The van der Waals surface area contributed by atoms with Gasteiger partial charge in [-0.3, -0.25) is 4.79 Å². The maximum Gasteiger partial charge on any atom is 0.226 e.